The van der Waals surface area contributed by atoms with Crippen LogP contribution in [0.3, 0.4) is 0 Å². The van der Waals surface area contributed by atoms with E-state index in [1.807, 2.05) is 19.1 Å². The van der Waals surface area contributed by atoms with Crippen molar-refractivity contribution >= 4 is 41.3 Å². The first-order valence-electron chi connectivity index (χ1n) is 5.43. The Morgan fingerprint density at radius 2 is 2.41 bits per heavy atom. The SMILES string of the molecule is CC(NC(=O)C1CCNC1)c1ccc(Cl)s1.Cl. The minimum Gasteiger partial charge on any atom is -0.348 e. The molecule has 0 saturated carbocycles. The molecule has 1 aromatic rings. The van der Waals surface area contributed by atoms with Gasteiger partial charge >= 0.3 is 0 Å². The molecule has 6 heteroatoms. The van der Waals surface area contributed by atoms with Crippen molar-refractivity contribution in [2.24, 2.45) is 5.92 Å². The average molecular weight is 295 g/mol. The highest BCUT2D eigenvalue weighted by Gasteiger charge is 2.23. The first kappa shape index (κ1) is 14.8. The smallest absolute Gasteiger partial charge is 0.224 e. The van der Waals surface area contributed by atoms with Crippen LogP contribution in [0.5, 0.6) is 0 Å². The standard InChI is InChI=1S/C11H15ClN2OS.ClH/c1-7(9-2-3-10(12)16-9)14-11(15)8-4-5-13-6-8;/h2-3,7-8,13H,4-6H2,1H3,(H,14,15);1H. The maximum atomic E-state index is 11.9. The summed E-state index contributed by atoms with van der Waals surface area (Å²) < 4.78 is 0.763. The second kappa shape index (κ2) is 6.59. The molecule has 1 aromatic heterocycles. The summed E-state index contributed by atoms with van der Waals surface area (Å²) in [5, 5.41) is 6.22. The third-order valence-electron chi connectivity index (χ3n) is 2.81. The summed E-state index contributed by atoms with van der Waals surface area (Å²) in [7, 11) is 0. The van der Waals surface area contributed by atoms with Crippen LogP contribution < -0.4 is 10.6 Å². The molecule has 2 heterocycles. The highest BCUT2D eigenvalue weighted by molar-refractivity contribution is 7.16. The summed E-state index contributed by atoms with van der Waals surface area (Å²) in [4.78, 5) is 13.0. The molecule has 2 atom stereocenters. The van der Waals surface area contributed by atoms with E-state index in [0.717, 1.165) is 28.7 Å². The third kappa shape index (κ3) is 3.85. The van der Waals surface area contributed by atoms with E-state index < -0.39 is 0 Å². The van der Waals surface area contributed by atoms with E-state index >= 15 is 0 Å². The monoisotopic (exact) mass is 294 g/mol. The molecule has 1 amide bonds. The molecule has 0 spiro atoms. The van der Waals surface area contributed by atoms with Gasteiger partial charge in [0.2, 0.25) is 5.91 Å². The summed E-state index contributed by atoms with van der Waals surface area (Å²) in [5.41, 5.74) is 0. The largest absolute Gasteiger partial charge is 0.348 e. The number of rotatable bonds is 3. The number of nitrogens with one attached hydrogen (secondary N) is 2. The van der Waals surface area contributed by atoms with Crippen molar-refractivity contribution in [3.8, 4) is 0 Å². The lowest BCUT2D eigenvalue weighted by Crippen LogP contribution is -2.33. The zero-order chi connectivity index (χ0) is 11.5. The van der Waals surface area contributed by atoms with Crippen LogP contribution in [-0.2, 0) is 4.79 Å². The van der Waals surface area contributed by atoms with Gasteiger partial charge in [0, 0.05) is 11.4 Å². The van der Waals surface area contributed by atoms with E-state index in [0.29, 0.717) is 0 Å². The number of hydrogen-bond donors (Lipinski definition) is 2. The van der Waals surface area contributed by atoms with E-state index in [2.05, 4.69) is 10.6 Å². The Hall–Kier alpha value is -0.290. The van der Waals surface area contributed by atoms with Crippen molar-refractivity contribution in [3.05, 3.63) is 21.3 Å². The van der Waals surface area contributed by atoms with Gasteiger partial charge in [0.25, 0.3) is 0 Å². The van der Waals surface area contributed by atoms with Crippen LogP contribution in [-0.4, -0.2) is 19.0 Å². The normalized spacial score (nSPS) is 20.7. The summed E-state index contributed by atoms with van der Waals surface area (Å²) in [6.07, 6.45) is 0.934. The molecule has 1 aliphatic rings. The second-order valence-electron chi connectivity index (χ2n) is 4.06. The predicted octanol–water partition coefficient (Wildman–Crippen LogP) is 2.61. The fourth-order valence-electron chi connectivity index (χ4n) is 1.84. The lowest BCUT2D eigenvalue weighted by atomic mass is 10.1. The summed E-state index contributed by atoms with van der Waals surface area (Å²) >= 11 is 7.38. The number of thiophene rings is 1. The fourth-order valence-corrected chi connectivity index (χ4v) is 2.91. The van der Waals surface area contributed by atoms with Gasteiger partial charge in [0.1, 0.15) is 0 Å². The second-order valence-corrected chi connectivity index (χ2v) is 5.81. The highest BCUT2D eigenvalue weighted by Crippen LogP contribution is 2.26. The first-order chi connectivity index (χ1) is 7.66. The molecular formula is C11H16Cl2N2OS. The number of hydrogen-bond acceptors (Lipinski definition) is 3. The van der Waals surface area contributed by atoms with Gasteiger partial charge in [0.05, 0.1) is 16.3 Å². The number of amides is 1. The van der Waals surface area contributed by atoms with Crippen LogP contribution >= 0.6 is 35.3 Å². The Labute approximate surface area is 116 Å². The van der Waals surface area contributed by atoms with Crippen molar-refractivity contribution in [1.29, 1.82) is 0 Å². The Morgan fingerprint density at radius 1 is 1.65 bits per heavy atom. The van der Waals surface area contributed by atoms with Crippen LogP contribution in [0.2, 0.25) is 4.34 Å². The lowest BCUT2D eigenvalue weighted by molar-refractivity contribution is -0.125. The van der Waals surface area contributed by atoms with Crippen molar-refractivity contribution in [2.75, 3.05) is 13.1 Å². The van der Waals surface area contributed by atoms with Gasteiger partial charge in [0.15, 0.2) is 0 Å². The van der Waals surface area contributed by atoms with E-state index in [-0.39, 0.29) is 30.3 Å². The maximum absolute atomic E-state index is 11.9. The van der Waals surface area contributed by atoms with Crippen LogP contribution in [0.1, 0.15) is 24.3 Å². The Morgan fingerprint density at radius 3 is 2.94 bits per heavy atom. The minimum atomic E-state index is 0. The van der Waals surface area contributed by atoms with Crippen molar-refractivity contribution in [3.63, 3.8) is 0 Å². The highest BCUT2D eigenvalue weighted by atomic mass is 35.5. The van der Waals surface area contributed by atoms with Gasteiger partial charge in [-0.25, -0.2) is 0 Å². The number of carbonyl (C=O) groups is 1. The van der Waals surface area contributed by atoms with Crippen molar-refractivity contribution in [2.45, 2.75) is 19.4 Å². The molecule has 2 unspecified atom stereocenters. The van der Waals surface area contributed by atoms with Crippen molar-refractivity contribution < 1.29 is 4.79 Å². The molecule has 0 radical (unpaired) electrons. The Bertz CT molecular complexity index is 377. The Balaban J connectivity index is 0.00000144. The van der Waals surface area contributed by atoms with Gasteiger partial charge < -0.3 is 10.6 Å². The molecule has 17 heavy (non-hydrogen) atoms. The zero-order valence-corrected chi connectivity index (χ0v) is 11.9. The van der Waals surface area contributed by atoms with Crippen LogP contribution in [0, 0.1) is 5.92 Å². The van der Waals surface area contributed by atoms with Crippen LogP contribution in [0.25, 0.3) is 0 Å². The Kier molecular flexibility index (Phi) is 5.73. The number of halogens is 2. The molecule has 96 valence electrons. The minimum absolute atomic E-state index is 0. The van der Waals surface area contributed by atoms with Gasteiger partial charge in [-0.05, 0) is 32.0 Å². The average Bonchev–Trinajstić information content (AvgIpc) is 2.87. The van der Waals surface area contributed by atoms with Crippen LogP contribution in [0.15, 0.2) is 12.1 Å². The fraction of sp³-hybridized carbons (Fsp3) is 0.545. The molecule has 1 saturated heterocycles. The lowest BCUT2D eigenvalue weighted by Gasteiger charge is -2.15. The molecule has 0 bridgehead atoms. The molecule has 1 aliphatic heterocycles. The maximum Gasteiger partial charge on any atom is 0.224 e. The molecule has 2 rings (SSSR count). The van der Waals surface area contributed by atoms with Crippen molar-refractivity contribution in [1.82, 2.24) is 10.6 Å². The van der Waals surface area contributed by atoms with Gasteiger partial charge in [-0.2, -0.15) is 0 Å². The van der Waals surface area contributed by atoms with E-state index in [1.54, 1.807) is 0 Å². The predicted molar refractivity (Wildman–Crippen MR) is 74.1 cm³/mol. The molecule has 0 aromatic carbocycles. The third-order valence-corrected chi connectivity index (χ3v) is 4.22. The summed E-state index contributed by atoms with van der Waals surface area (Å²) in [5.74, 6) is 0.264. The van der Waals surface area contributed by atoms with E-state index in [1.165, 1.54) is 11.3 Å². The van der Waals surface area contributed by atoms with E-state index in [9.17, 15) is 4.79 Å². The summed E-state index contributed by atoms with van der Waals surface area (Å²) in [6.45, 7) is 3.73. The first-order valence-corrected chi connectivity index (χ1v) is 6.62. The molecule has 2 N–H and O–H groups in total. The van der Waals surface area contributed by atoms with Gasteiger partial charge in [-0.1, -0.05) is 11.6 Å². The quantitative estimate of drug-likeness (QED) is 0.900. The topological polar surface area (TPSA) is 41.1 Å². The molecule has 1 fully saturated rings. The van der Waals surface area contributed by atoms with Crippen LogP contribution in [0.4, 0.5) is 0 Å². The van der Waals surface area contributed by atoms with Gasteiger partial charge in [-0.3, -0.25) is 4.79 Å². The summed E-state index contributed by atoms with van der Waals surface area (Å²) in [6, 6.07) is 3.87. The number of carbonyl (C=O) groups excluding carboxylic acids is 1. The molecular weight excluding hydrogens is 279 g/mol. The molecule has 3 nitrogen and oxygen atoms in total. The van der Waals surface area contributed by atoms with E-state index in [4.69, 9.17) is 11.6 Å². The van der Waals surface area contributed by atoms with Gasteiger partial charge in [-0.15, -0.1) is 23.7 Å². The zero-order valence-electron chi connectivity index (χ0n) is 9.53. The molecule has 0 aliphatic carbocycles.